The number of allylic oxidation sites excluding steroid dienone is 1. The van der Waals surface area contributed by atoms with Gasteiger partial charge in [0.15, 0.2) is 0 Å². The summed E-state index contributed by atoms with van der Waals surface area (Å²) in [5.41, 5.74) is 6.09. The molecule has 4 nitrogen and oxygen atoms in total. The number of aryl methyl sites for hydroxylation is 1. The Kier molecular flexibility index (Phi) is 8.19. The molecule has 0 fully saturated rings. The Hall–Kier alpha value is -3.60. The Labute approximate surface area is 207 Å². The van der Waals surface area contributed by atoms with Gasteiger partial charge < -0.3 is 19.7 Å². The molecule has 4 rings (SSSR count). The maximum Gasteiger partial charge on any atom is 0.128 e. The third-order valence-corrected chi connectivity index (χ3v) is 5.95. The van der Waals surface area contributed by atoms with Crippen LogP contribution in [0.3, 0.4) is 0 Å². The molecule has 0 bridgehead atoms. The Morgan fingerprint density at radius 1 is 0.714 bits per heavy atom. The van der Waals surface area contributed by atoms with Crippen LogP contribution in [0.1, 0.15) is 24.5 Å². The fourth-order valence-corrected chi connectivity index (χ4v) is 4.19. The molecule has 0 radical (unpaired) electrons. The molecule has 0 aromatic heterocycles. The van der Waals surface area contributed by atoms with Crippen molar-refractivity contribution in [2.75, 3.05) is 26.4 Å². The number of ether oxygens (including phenoxy) is 2. The predicted molar refractivity (Wildman–Crippen MR) is 144 cm³/mol. The molecule has 0 unspecified atom stereocenters. The first kappa shape index (κ1) is 24.5. The van der Waals surface area contributed by atoms with Gasteiger partial charge in [0.25, 0.3) is 0 Å². The third kappa shape index (κ3) is 5.73. The Morgan fingerprint density at radius 3 is 1.91 bits per heavy atom. The van der Waals surface area contributed by atoms with Crippen molar-refractivity contribution in [3.63, 3.8) is 0 Å². The average Bonchev–Trinajstić information content (AvgIpc) is 2.89. The number of aliphatic hydroxyl groups excluding tert-OH is 2. The molecule has 0 aliphatic rings. The minimum absolute atomic E-state index is 0.0761. The van der Waals surface area contributed by atoms with Crippen LogP contribution in [0.25, 0.3) is 39.1 Å². The van der Waals surface area contributed by atoms with Crippen molar-refractivity contribution < 1.29 is 19.7 Å². The number of aliphatic hydroxyl groups is 2. The van der Waals surface area contributed by atoms with Gasteiger partial charge in [0.1, 0.15) is 24.7 Å². The number of fused-ring (bicyclic) bond motifs is 1. The van der Waals surface area contributed by atoms with Gasteiger partial charge in [-0.3, -0.25) is 0 Å². The van der Waals surface area contributed by atoms with Gasteiger partial charge in [-0.15, -0.1) is 0 Å². The van der Waals surface area contributed by atoms with Gasteiger partial charge in [-0.2, -0.15) is 0 Å². The van der Waals surface area contributed by atoms with Gasteiger partial charge in [0.2, 0.25) is 0 Å². The van der Waals surface area contributed by atoms with E-state index in [1.807, 2.05) is 24.3 Å². The summed E-state index contributed by atoms with van der Waals surface area (Å²) in [6, 6.07) is 24.8. The summed E-state index contributed by atoms with van der Waals surface area (Å²) in [7, 11) is 0. The molecule has 180 valence electrons. The van der Waals surface area contributed by atoms with Crippen LogP contribution in [-0.4, -0.2) is 36.6 Å². The zero-order valence-corrected chi connectivity index (χ0v) is 20.3. The zero-order chi connectivity index (χ0) is 24.6. The first-order valence-electron chi connectivity index (χ1n) is 12.1. The van der Waals surface area contributed by atoms with E-state index >= 15 is 0 Å². The normalized spacial score (nSPS) is 11.3. The Morgan fingerprint density at radius 2 is 1.31 bits per heavy atom. The van der Waals surface area contributed by atoms with Crippen LogP contribution in [-0.2, 0) is 0 Å². The highest BCUT2D eigenvalue weighted by Crippen LogP contribution is 2.42. The molecule has 4 aromatic carbocycles. The highest BCUT2D eigenvalue weighted by atomic mass is 16.5. The summed E-state index contributed by atoms with van der Waals surface area (Å²) in [5.74, 6) is 1.35. The van der Waals surface area contributed by atoms with Gasteiger partial charge in [0.05, 0.1) is 13.2 Å². The van der Waals surface area contributed by atoms with E-state index in [0.29, 0.717) is 11.5 Å². The van der Waals surface area contributed by atoms with E-state index in [2.05, 4.69) is 74.5 Å². The van der Waals surface area contributed by atoms with Gasteiger partial charge in [-0.25, -0.2) is 0 Å². The summed E-state index contributed by atoms with van der Waals surface area (Å²) in [5, 5.41) is 21.2. The molecule has 0 amide bonds. The first-order chi connectivity index (χ1) is 17.1. The molecule has 0 aliphatic heterocycles. The van der Waals surface area contributed by atoms with Crippen molar-refractivity contribution in [3.05, 3.63) is 90.0 Å². The van der Waals surface area contributed by atoms with Crippen LogP contribution in [0.2, 0.25) is 0 Å². The molecule has 0 spiro atoms. The van der Waals surface area contributed by atoms with Gasteiger partial charge in [-0.05, 0) is 64.6 Å². The maximum absolute atomic E-state index is 9.44. The second-order valence-electron chi connectivity index (χ2n) is 8.43. The van der Waals surface area contributed by atoms with Crippen molar-refractivity contribution in [2.45, 2.75) is 20.3 Å². The number of benzene rings is 4. The topological polar surface area (TPSA) is 58.9 Å². The molecule has 4 heteroatoms. The minimum atomic E-state index is -0.0766. The SMILES string of the molecule is CC/C=C\c1ccc(-c2cc(OCCO)c(-c3ccc4ccccc4c3)cc2OCCO)cc1C. The lowest BCUT2D eigenvalue weighted by Crippen LogP contribution is -2.06. The predicted octanol–water partition coefficient (Wildman–Crippen LogP) is 6.65. The van der Waals surface area contributed by atoms with Crippen molar-refractivity contribution in [1.82, 2.24) is 0 Å². The summed E-state index contributed by atoms with van der Waals surface area (Å²) in [6.07, 6.45) is 5.28. The molecule has 35 heavy (non-hydrogen) atoms. The molecule has 0 atom stereocenters. The van der Waals surface area contributed by atoms with Crippen molar-refractivity contribution >= 4 is 16.8 Å². The van der Waals surface area contributed by atoms with Crippen LogP contribution in [0.4, 0.5) is 0 Å². The fourth-order valence-electron chi connectivity index (χ4n) is 4.19. The van der Waals surface area contributed by atoms with E-state index in [-0.39, 0.29) is 26.4 Å². The van der Waals surface area contributed by atoms with Crippen LogP contribution in [0, 0.1) is 6.92 Å². The summed E-state index contributed by atoms with van der Waals surface area (Å²) < 4.78 is 12.0. The molecule has 0 aliphatic carbocycles. The largest absolute Gasteiger partial charge is 0.491 e. The molecule has 0 saturated heterocycles. The van der Waals surface area contributed by atoms with E-state index in [1.54, 1.807) is 0 Å². The monoisotopic (exact) mass is 468 g/mol. The molecule has 0 heterocycles. The molecule has 4 aromatic rings. The second-order valence-corrected chi connectivity index (χ2v) is 8.43. The minimum Gasteiger partial charge on any atom is -0.491 e. The van der Waals surface area contributed by atoms with E-state index in [1.165, 1.54) is 5.56 Å². The van der Waals surface area contributed by atoms with Crippen LogP contribution >= 0.6 is 0 Å². The molecular weight excluding hydrogens is 436 g/mol. The molecular formula is C31H32O4. The van der Waals surface area contributed by atoms with E-state index in [4.69, 9.17) is 9.47 Å². The zero-order valence-electron chi connectivity index (χ0n) is 20.3. The second kappa shape index (κ2) is 11.7. The Balaban J connectivity index is 1.86. The summed E-state index contributed by atoms with van der Waals surface area (Å²) in [6.45, 7) is 4.45. The third-order valence-electron chi connectivity index (χ3n) is 5.95. The lowest BCUT2D eigenvalue weighted by Gasteiger charge is -2.18. The number of rotatable bonds is 10. The highest BCUT2D eigenvalue weighted by Gasteiger charge is 2.16. The first-order valence-corrected chi connectivity index (χ1v) is 12.1. The van der Waals surface area contributed by atoms with Gasteiger partial charge >= 0.3 is 0 Å². The lowest BCUT2D eigenvalue weighted by atomic mass is 9.94. The highest BCUT2D eigenvalue weighted by molar-refractivity contribution is 5.90. The van der Waals surface area contributed by atoms with E-state index in [0.717, 1.165) is 45.0 Å². The van der Waals surface area contributed by atoms with Crippen molar-refractivity contribution in [1.29, 1.82) is 0 Å². The van der Waals surface area contributed by atoms with Crippen LogP contribution < -0.4 is 9.47 Å². The Bertz CT molecular complexity index is 1320. The summed E-state index contributed by atoms with van der Waals surface area (Å²) in [4.78, 5) is 0. The number of hydrogen-bond donors (Lipinski definition) is 2. The smallest absolute Gasteiger partial charge is 0.128 e. The van der Waals surface area contributed by atoms with Crippen molar-refractivity contribution in [3.8, 4) is 33.8 Å². The van der Waals surface area contributed by atoms with Crippen molar-refractivity contribution in [2.24, 2.45) is 0 Å². The quantitative estimate of drug-likeness (QED) is 0.274. The molecule has 0 saturated carbocycles. The maximum atomic E-state index is 9.44. The van der Waals surface area contributed by atoms with Crippen LogP contribution in [0.5, 0.6) is 11.5 Å². The van der Waals surface area contributed by atoms with Gasteiger partial charge in [0, 0.05) is 11.1 Å². The fraction of sp³-hybridized carbons (Fsp3) is 0.226. The lowest BCUT2D eigenvalue weighted by molar-refractivity contribution is 0.199. The van der Waals surface area contributed by atoms with E-state index in [9.17, 15) is 10.2 Å². The average molecular weight is 469 g/mol. The number of hydrogen-bond acceptors (Lipinski definition) is 4. The van der Waals surface area contributed by atoms with Gasteiger partial charge in [-0.1, -0.05) is 73.7 Å². The van der Waals surface area contributed by atoms with E-state index < -0.39 is 0 Å². The summed E-state index contributed by atoms with van der Waals surface area (Å²) >= 11 is 0. The standard InChI is InChI=1S/C31H32O4/c1-3-4-7-23-10-12-26(18-22(23)2)28-20-31(35-17-15-33)29(21-30(28)34-16-14-32)27-13-11-24-8-5-6-9-25(24)19-27/h4-13,18-21,32-33H,3,14-17H2,1-2H3/b7-4-. The van der Waals surface area contributed by atoms with Crippen LogP contribution in [0.15, 0.2) is 78.9 Å². The molecule has 2 N–H and O–H groups in total.